The first-order chi connectivity index (χ1) is 11.8. The molecule has 0 aromatic carbocycles. The van der Waals surface area contributed by atoms with E-state index >= 15 is 0 Å². The predicted molar refractivity (Wildman–Crippen MR) is 93.7 cm³/mol. The SMILES string of the molecule is CCCn1c([C@@H]2CCN(C(=O)C3CCCC3)C2)nc2cccnc21. The molecule has 1 saturated heterocycles. The number of hydrogen-bond donors (Lipinski definition) is 0. The summed E-state index contributed by atoms with van der Waals surface area (Å²) in [5.41, 5.74) is 1.96. The van der Waals surface area contributed by atoms with Crippen molar-refractivity contribution in [2.24, 2.45) is 5.92 Å². The van der Waals surface area contributed by atoms with Crippen molar-refractivity contribution in [3.8, 4) is 0 Å². The Morgan fingerprint density at radius 1 is 1.29 bits per heavy atom. The Balaban J connectivity index is 1.57. The largest absolute Gasteiger partial charge is 0.342 e. The Hall–Kier alpha value is -1.91. The summed E-state index contributed by atoms with van der Waals surface area (Å²) < 4.78 is 2.27. The zero-order valence-corrected chi connectivity index (χ0v) is 14.4. The summed E-state index contributed by atoms with van der Waals surface area (Å²) in [5.74, 6) is 2.12. The summed E-state index contributed by atoms with van der Waals surface area (Å²) in [6.07, 6.45) is 8.51. The normalized spacial score (nSPS) is 21.9. The van der Waals surface area contributed by atoms with Crippen LogP contribution < -0.4 is 0 Å². The Bertz CT molecular complexity index is 732. The van der Waals surface area contributed by atoms with Crippen LogP contribution in [-0.4, -0.2) is 38.4 Å². The van der Waals surface area contributed by atoms with Gasteiger partial charge in [-0.05, 0) is 37.8 Å². The second kappa shape index (κ2) is 6.54. The lowest BCUT2D eigenvalue weighted by atomic mass is 10.1. The van der Waals surface area contributed by atoms with Crippen molar-refractivity contribution < 1.29 is 4.79 Å². The van der Waals surface area contributed by atoms with Crippen LogP contribution in [0.25, 0.3) is 11.2 Å². The van der Waals surface area contributed by atoms with E-state index in [4.69, 9.17) is 4.98 Å². The van der Waals surface area contributed by atoms with E-state index in [1.807, 2.05) is 18.3 Å². The van der Waals surface area contributed by atoms with E-state index in [9.17, 15) is 4.79 Å². The van der Waals surface area contributed by atoms with E-state index in [2.05, 4.69) is 21.4 Å². The monoisotopic (exact) mass is 326 g/mol. The maximum Gasteiger partial charge on any atom is 0.225 e. The fourth-order valence-electron chi connectivity index (χ4n) is 4.33. The molecule has 2 fully saturated rings. The number of rotatable bonds is 4. The van der Waals surface area contributed by atoms with Gasteiger partial charge < -0.3 is 9.47 Å². The molecule has 5 heteroatoms. The number of nitrogens with zero attached hydrogens (tertiary/aromatic N) is 4. The minimum Gasteiger partial charge on any atom is -0.342 e. The summed E-state index contributed by atoms with van der Waals surface area (Å²) in [5, 5.41) is 0. The third kappa shape index (κ3) is 2.70. The molecule has 0 bridgehead atoms. The molecule has 4 rings (SSSR count). The maximum absolute atomic E-state index is 12.7. The van der Waals surface area contributed by atoms with Crippen LogP contribution in [0, 0.1) is 5.92 Å². The number of carbonyl (C=O) groups excluding carboxylic acids is 1. The summed E-state index contributed by atoms with van der Waals surface area (Å²) in [4.78, 5) is 24.2. The number of imidazole rings is 1. The molecule has 2 aromatic heterocycles. The van der Waals surface area contributed by atoms with Crippen molar-refractivity contribution in [2.45, 2.75) is 57.9 Å². The van der Waals surface area contributed by atoms with Crippen LogP contribution in [-0.2, 0) is 11.3 Å². The van der Waals surface area contributed by atoms with Crippen molar-refractivity contribution in [3.63, 3.8) is 0 Å². The van der Waals surface area contributed by atoms with E-state index < -0.39 is 0 Å². The van der Waals surface area contributed by atoms with Crippen molar-refractivity contribution in [2.75, 3.05) is 13.1 Å². The molecule has 3 heterocycles. The number of likely N-dealkylation sites (tertiary alicyclic amines) is 1. The summed E-state index contributed by atoms with van der Waals surface area (Å²) in [7, 11) is 0. The lowest BCUT2D eigenvalue weighted by Gasteiger charge is -2.20. The molecule has 0 spiro atoms. The van der Waals surface area contributed by atoms with E-state index in [1.54, 1.807) is 0 Å². The van der Waals surface area contributed by atoms with Crippen molar-refractivity contribution in [1.82, 2.24) is 19.4 Å². The topological polar surface area (TPSA) is 51.0 Å². The number of fused-ring (bicyclic) bond motifs is 1. The fourth-order valence-corrected chi connectivity index (χ4v) is 4.33. The molecule has 128 valence electrons. The van der Waals surface area contributed by atoms with Gasteiger partial charge in [0.1, 0.15) is 11.3 Å². The first-order valence-electron chi connectivity index (χ1n) is 9.38. The number of aromatic nitrogens is 3. The van der Waals surface area contributed by atoms with Gasteiger partial charge in [-0.25, -0.2) is 9.97 Å². The summed E-state index contributed by atoms with van der Waals surface area (Å²) in [6.45, 7) is 4.82. The number of hydrogen-bond acceptors (Lipinski definition) is 3. The maximum atomic E-state index is 12.7. The molecule has 2 aliphatic rings. The molecule has 1 aliphatic heterocycles. The average Bonchev–Trinajstić information content (AvgIpc) is 3.34. The minimum atomic E-state index is 0.278. The van der Waals surface area contributed by atoms with Crippen LogP contribution in [0.2, 0.25) is 0 Å². The van der Waals surface area contributed by atoms with Crippen LogP contribution in [0.5, 0.6) is 0 Å². The molecule has 1 atom stereocenters. The minimum absolute atomic E-state index is 0.278. The number of aryl methyl sites for hydroxylation is 1. The van der Waals surface area contributed by atoms with Gasteiger partial charge in [-0.2, -0.15) is 0 Å². The van der Waals surface area contributed by atoms with E-state index in [-0.39, 0.29) is 5.92 Å². The van der Waals surface area contributed by atoms with Crippen molar-refractivity contribution in [3.05, 3.63) is 24.2 Å². The Labute approximate surface area is 143 Å². The van der Waals surface area contributed by atoms with E-state index in [0.29, 0.717) is 11.8 Å². The van der Waals surface area contributed by atoms with Gasteiger partial charge in [-0.3, -0.25) is 4.79 Å². The molecular weight excluding hydrogens is 300 g/mol. The van der Waals surface area contributed by atoms with E-state index in [1.165, 1.54) is 12.8 Å². The number of pyridine rings is 1. The van der Waals surface area contributed by atoms with Crippen LogP contribution >= 0.6 is 0 Å². The van der Waals surface area contributed by atoms with Gasteiger partial charge in [0, 0.05) is 37.7 Å². The van der Waals surface area contributed by atoms with Gasteiger partial charge in [0.25, 0.3) is 0 Å². The molecule has 24 heavy (non-hydrogen) atoms. The first-order valence-corrected chi connectivity index (χ1v) is 9.38. The van der Waals surface area contributed by atoms with Gasteiger partial charge in [-0.15, -0.1) is 0 Å². The highest BCUT2D eigenvalue weighted by atomic mass is 16.2. The van der Waals surface area contributed by atoms with Gasteiger partial charge in [0.05, 0.1) is 0 Å². The average molecular weight is 326 g/mol. The zero-order valence-electron chi connectivity index (χ0n) is 14.4. The molecule has 0 N–H and O–H groups in total. The molecule has 1 aliphatic carbocycles. The zero-order chi connectivity index (χ0) is 16.5. The smallest absolute Gasteiger partial charge is 0.225 e. The van der Waals surface area contributed by atoms with Gasteiger partial charge in [0.2, 0.25) is 5.91 Å². The second-order valence-corrected chi connectivity index (χ2v) is 7.22. The Morgan fingerprint density at radius 3 is 2.92 bits per heavy atom. The quantitative estimate of drug-likeness (QED) is 0.866. The highest BCUT2D eigenvalue weighted by molar-refractivity contribution is 5.79. The molecule has 0 unspecified atom stereocenters. The molecule has 1 amide bonds. The third-order valence-electron chi connectivity index (χ3n) is 5.55. The Morgan fingerprint density at radius 2 is 2.12 bits per heavy atom. The molecular formula is C19H26N4O. The van der Waals surface area contributed by atoms with Crippen LogP contribution in [0.1, 0.15) is 57.2 Å². The fraction of sp³-hybridized carbons (Fsp3) is 0.632. The lowest BCUT2D eigenvalue weighted by molar-refractivity contribution is -0.134. The van der Waals surface area contributed by atoms with Gasteiger partial charge >= 0.3 is 0 Å². The van der Waals surface area contributed by atoms with Crippen LogP contribution in [0.4, 0.5) is 0 Å². The predicted octanol–water partition coefficient (Wildman–Crippen LogP) is 3.35. The molecule has 2 aromatic rings. The van der Waals surface area contributed by atoms with Crippen molar-refractivity contribution in [1.29, 1.82) is 0 Å². The van der Waals surface area contributed by atoms with Crippen molar-refractivity contribution >= 4 is 17.1 Å². The molecule has 1 saturated carbocycles. The summed E-state index contributed by atoms with van der Waals surface area (Å²) >= 11 is 0. The second-order valence-electron chi connectivity index (χ2n) is 7.22. The third-order valence-corrected chi connectivity index (χ3v) is 5.55. The van der Waals surface area contributed by atoms with Crippen LogP contribution in [0.15, 0.2) is 18.3 Å². The number of carbonyl (C=O) groups is 1. The highest BCUT2D eigenvalue weighted by Gasteiger charge is 2.34. The Kier molecular flexibility index (Phi) is 4.25. The molecule has 0 radical (unpaired) electrons. The van der Waals surface area contributed by atoms with Gasteiger partial charge in [0.15, 0.2) is 5.65 Å². The van der Waals surface area contributed by atoms with Crippen LogP contribution in [0.3, 0.4) is 0 Å². The molecule has 5 nitrogen and oxygen atoms in total. The van der Waals surface area contributed by atoms with E-state index in [0.717, 1.165) is 62.3 Å². The lowest BCUT2D eigenvalue weighted by Crippen LogP contribution is -2.33. The highest BCUT2D eigenvalue weighted by Crippen LogP contribution is 2.33. The summed E-state index contributed by atoms with van der Waals surface area (Å²) in [6, 6.07) is 3.98. The first kappa shape index (κ1) is 15.6. The number of amides is 1. The standard InChI is InChI=1S/C19H26N4O/c1-2-11-23-17(21-16-8-5-10-20-18(16)23)15-9-12-22(13-15)19(24)14-6-3-4-7-14/h5,8,10,14-15H,2-4,6-7,9,11-13H2,1H3/t15-/m1/s1. The van der Waals surface area contributed by atoms with Gasteiger partial charge in [-0.1, -0.05) is 19.8 Å².